The summed E-state index contributed by atoms with van der Waals surface area (Å²) in [5.41, 5.74) is 0. The molecular formula is C9H7BrO3. The average molecular weight is 243 g/mol. The zero-order valence-electron chi connectivity index (χ0n) is 6.66. The van der Waals surface area contributed by atoms with E-state index in [1.165, 1.54) is 12.1 Å². The van der Waals surface area contributed by atoms with Crippen LogP contribution in [0.5, 0.6) is 11.5 Å². The van der Waals surface area contributed by atoms with Gasteiger partial charge in [-0.05, 0) is 18.2 Å². The first-order valence-electron chi connectivity index (χ1n) is 3.46. The number of hydrogen-bond donors (Lipinski definition) is 1. The molecule has 1 N–H and O–H groups in total. The zero-order valence-corrected chi connectivity index (χ0v) is 8.24. The molecule has 0 aliphatic heterocycles. The number of benzene rings is 1. The van der Waals surface area contributed by atoms with Crippen molar-refractivity contribution < 1.29 is 14.6 Å². The molecule has 0 saturated carbocycles. The molecule has 0 saturated heterocycles. The molecule has 0 aromatic heterocycles. The van der Waals surface area contributed by atoms with Crippen molar-refractivity contribution >= 4 is 21.9 Å². The second-order valence-corrected chi connectivity index (χ2v) is 3.15. The molecule has 0 aliphatic carbocycles. The zero-order chi connectivity index (χ0) is 9.84. The highest BCUT2D eigenvalue weighted by Crippen LogP contribution is 2.29. The van der Waals surface area contributed by atoms with Crippen molar-refractivity contribution in [2.24, 2.45) is 0 Å². The molecule has 0 fully saturated rings. The predicted octanol–water partition coefficient (Wildman–Crippen LogP) is 2.25. The van der Waals surface area contributed by atoms with Gasteiger partial charge in [-0.15, -0.1) is 0 Å². The Kier molecular flexibility index (Phi) is 3.08. The Balaban J connectivity index is 2.93. The normalized spacial score (nSPS) is 9.31. The summed E-state index contributed by atoms with van der Waals surface area (Å²) in [4.78, 5) is 10.8. The van der Waals surface area contributed by atoms with Crippen LogP contribution in [0.2, 0.25) is 0 Å². The maximum absolute atomic E-state index is 10.8. The van der Waals surface area contributed by atoms with E-state index in [1.54, 1.807) is 6.07 Å². The third-order valence-corrected chi connectivity index (χ3v) is 1.79. The van der Waals surface area contributed by atoms with Gasteiger partial charge in [0, 0.05) is 10.5 Å². The number of carbonyl (C=O) groups is 1. The minimum Gasteiger partial charge on any atom is -0.504 e. The second-order valence-electron chi connectivity index (χ2n) is 2.24. The van der Waals surface area contributed by atoms with Crippen LogP contribution in [0.4, 0.5) is 0 Å². The highest BCUT2D eigenvalue weighted by molar-refractivity contribution is 9.10. The van der Waals surface area contributed by atoms with Crippen LogP contribution in [0.15, 0.2) is 35.3 Å². The van der Waals surface area contributed by atoms with E-state index >= 15 is 0 Å². The van der Waals surface area contributed by atoms with Crippen molar-refractivity contribution in [2.45, 2.75) is 0 Å². The van der Waals surface area contributed by atoms with Crippen LogP contribution in [0.1, 0.15) is 0 Å². The molecule has 0 heterocycles. The summed E-state index contributed by atoms with van der Waals surface area (Å²) in [6.07, 6.45) is 1.03. The fraction of sp³-hybridized carbons (Fsp3) is 0. The Hall–Kier alpha value is -1.29. The summed E-state index contributed by atoms with van der Waals surface area (Å²) in [6, 6.07) is 4.56. The van der Waals surface area contributed by atoms with Gasteiger partial charge in [-0.25, -0.2) is 4.79 Å². The van der Waals surface area contributed by atoms with E-state index in [2.05, 4.69) is 22.5 Å². The lowest BCUT2D eigenvalue weighted by Gasteiger charge is -2.03. The largest absolute Gasteiger partial charge is 0.504 e. The van der Waals surface area contributed by atoms with Gasteiger partial charge in [0.05, 0.1) is 0 Å². The molecule has 4 heteroatoms. The van der Waals surface area contributed by atoms with Crippen molar-refractivity contribution in [3.05, 3.63) is 35.3 Å². The Morgan fingerprint density at radius 1 is 1.62 bits per heavy atom. The minimum absolute atomic E-state index is 0.0848. The minimum atomic E-state index is -0.603. The Labute approximate surface area is 83.8 Å². The smallest absolute Gasteiger partial charge is 0.335 e. The van der Waals surface area contributed by atoms with Crippen molar-refractivity contribution in [1.29, 1.82) is 0 Å². The molecule has 68 valence electrons. The van der Waals surface area contributed by atoms with E-state index in [0.717, 1.165) is 10.5 Å². The molecule has 0 atom stereocenters. The lowest BCUT2D eigenvalue weighted by molar-refractivity contribution is -0.129. The molecule has 13 heavy (non-hydrogen) atoms. The molecule has 0 bridgehead atoms. The summed E-state index contributed by atoms with van der Waals surface area (Å²) in [5.74, 6) is -0.578. The summed E-state index contributed by atoms with van der Waals surface area (Å²) >= 11 is 3.18. The quantitative estimate of drug-likeness (QED) is 0.492. The Morgan fingerprint density at radius 3 is 2.92 bits per heavy atom. The van der Waals surface area contributed by atoms with Crippen LogP contribution < -0.4 is 4.74 Å². The topological polar surface area (TPSA) is 46.5 Å². The van der Waals surface area contributed by atoms with Gasteiger partial charge in [0.1, 0.15) is 0 Å². The Bertz CT molecular complexity index is 347. The SMILES string of the molecule is C=CC(=O)Oc1cc(Br)ccc1O. The summed E-state index contributed by atoms with van der Waals surface area (Å²) in [5, 5.41) is 9.25. The van der Waals surface area contributed by atoms with E-state index in [4.69, 9.17) is 4.74 Å². The third-order valence-electron chi connectivity index (χ3n) is 1.30. The van der Waals surface area contributed by atoms with Gasteiger partial charge in [-0.2, -0.15) is 0 Å². The van der Waals surface area contributed by atoms with Gasteiger partial charge in [0.25, 0.3) is 0 Å². The van der Waals surface area contributed by atoms with Crippen LogP contribution in [-0.4, -0.2) is 11.1 Å². The van der Waals surface area contributed by atoms with Crippen LogP contribution in [0.25, 0.3) is 0 Å². The predicted molar refractivity (Wildman–Crippen MR) is 51.6 cm³/mol. The lowest BCUT2D eigenvalue weighted by Crippen LogP contribution is -2.02. The fourth-order valence-electron chi connectivity index (χ4n) is 0.720. The van der Waals surface area contributed by atoms with Crippen molar-refractivity contribution in [3.63, 3.8) is 0 Å². The number of ether oxygens (including phenoxy) is 1. The van der Waals surface area contributed by atoms with E-state index in [-0.39, 0.29) is 11.5 Å². The molecule has 0 amide bonds. The lowest BCUT2D eigenvalue weighted by atomic mass is 10.3. The fourth-order valence-corrected chi connectivity index (χ4v) is 1.06. The second kappa shape index (κ2) is 4.09. The number of halogens is 1. The number of esters is 1. The first-order valence-corrected chi connectivity index (χ1v) is 4.25. The van der Waals surface area contributed by atoms with Gasteiger partial charge in [-0.1, -0.05) is 22.5 Å². The number of aromatic hydroxyl groups is 1. The standard InChI is InChI=1S/C9H7BrO3/c1-2-9(12)13-8-5-6(10)3-4-7(8)11/h2-5,11H,1H2. The van der Waals surface area contributed by atoms with Gasteiger partial charge in [0.2, 0.25) is 0 Å². The molecule has 1 rings (SSSR count). The molecular weight excluding hydrogens is 236 g/mol. The van der Waals surface area contributed by atoms with Crippen LogP contribution >= 0.6 is 15.9 Å². The van der Waals surface area contributed by atoms with Gasteiger partial charge in [0.15, 0.2) is 11.5 Å². The number of rotatable bonds is 2. The van der Waals surface area contributed by atoms with Crippen LogP contribution in [0, 0.1) is 0 Å². The molecule has 0 spiro atoms. The third kappa shape index (κ3) is 2.59. The van der Waals surface area contributed by atoms with Crippen LogP contribution in [0.3, 0.4) is 0 Å². The van der Waals surface area contributed by atoms with Gasteiger partial charge < -0.3 is 9.84 Å². The van der Waals surface area contributed by atoms with Gasteiger partial charge in [-0.3, -0.25) is 0 Å². The van der Waals surface area contributed by atoms with Crippen molar-refractivity contribution in [3.8, 4) is 11.5 Å². The van der Waals surface area contributed by atoms with E-state index in [0.29, 0.717) is 0 Å². The number of hydrogen-bond acceptors (Lipinski definition) is 3. The monoisotopic (exact) mass is 242 g/mol. The molecule has 0 aliphatic rings. The Morgan fingerprint density at radius 2 is 2.31 bits per heavy atom. The molecule has 3 nitrogen and oxygen atoms in total. The van der Waals surface area contributed by atoms with E-state index < -0.39 is 5.97 Å². The number of carbonyl (C=O) groups excluding carboxylic acids is 1. The highest BCUT2D eigenvalue weighted by Gasteiger charge is 2.05. The van der Waals surface area contributed by atoms with E-state index in [1.807, 2.05) is 0 Å². The van der Waals surface area contributed by atoms with Crippen LogP contribution in [-0.2, 0) is 4.79 Å². The maximum Gasteiger partial charge on any atom is 0.335 e. The van der Waals surface area contributed by atoms with E-state index in [9.17, 15) is 9.90 Å². The maximum atomic E-state index is 10.8. The molecule has 1 aromatic carbocycles. The van der Waals surface area contributed by atoms with Crippen molar-refractivity contribution in [2.75, 3.05) is 0 Å². The first kappa shape index (κ1) is 9.80. The highest BCUT2D eigenvalue weighted by atomic mass is 79.9. The van der Waals surface area contributed by atoms with Crippen molar-refractivity contribution in [1.82, 2.24) is 0 Å². The van der Waals surface area contributed by atoms with Gasteiger partial charge >= 0.3 is 5.97 Å². The molecule has 1 aromatic rings. The summed E-state index contributed by atoms with van der Waals surface area (Å²) in [6.45, 7) is 3.24. The summed E-state index contributed by atoms with van der Waals surface area (Å²) in [7, 11) is 0. The summed E-state index contributed by atoms with van der Waals surface area (Å²) < 4.78 is 5.46. The molecule has 0 radical (unpaired) electrons. The first-order chi connectivity index (χ1) is 6.13. The number of phenolic OH excluding ortho intramolecular Hbond substituents is 1. The number of phenols is 1. The average Bonchev–Trinajstić information content (AvgIpc) is 2.11. The molecule has 0 unspecified atom stereocenters.